The van der Waals surface area contributed by atoms with E-state index in [4.69, 9.17) is 15.3 Å². The lowest BCUT2D eigenvalue weighted by molar-refractivity contribution is -0.136. The molecule has 0 aromatic heterocycles. The molecule has 0 bridgehead atoms. The van der Waals surface area contributed by atoms with Crippen molar-refractivity contribution in [3.8, 4) is 0 Å². The number of carbonyl (C=O) groups is 1. The van der Waals surface area contributed by atoms with Crippen LogP contribution in [-0.2, 0) is 14.8 Å². The van der Waals surface area contributed by atoms with Gasteiger partial charge in [-0.05, 0) is 6.92 Å². The fraction of sp³-hybridized carbons (Fsp3) is 0.833. The predicted molar refractivity (Wildman–Crippen MR) is 47.1 cm³/mol. The summed E-state index contributed by atoms with van der Waals surface area (Å²) in [6.07, 6.45) is -1.23. The maximum Gasteiger partial charge on any atom is 0.323 e. The van der Waals surface area contributed by atoms with Crippen molar-refractivity contribution < 1.29 is 28.5 Å². The average molecular weight is 227 g/mol. The molecule has 0 aromatic carbocycles. The smallest absolute Gasteiger partial charge is 0.323 e. The highest BCUT2D eigenvalue weighted by Gasteiger charge is 2.27. The molecule has 0 rings (SSSR count). The number of carboxylic acid groups (broad SMARTS) is 1. The number of rotatable bonds is 6. The molecule has 84 valence electrons. The lowest BCUT2D eigenvalue weighted by Gasteiger charge is -2.12. The van der Waals surface area contributed by atoms with Crippen LogP contribution in [0.4, 0.5) is 0 Å². The van der Waals surface area contributed by atoms with Gasteiger partial charge in [0.15, 0.2) is 5.25 Å². The fourth-order valence-electron chi connectivity index (χ4n) is 0.535. The number of sulfonamides is 1. The zero-order valence-corrected chi connectivity index (χ0v) is 8.36. The first-order valence-corrected chi connectivity index (χ1v) is 5.36. The minimum absolute atomic E-state index is 0.406. The third-order valence-electron chi connectivity index (χ3n) is 1.54. The second-order valence-electron chi connectivity index (χ2n) is 2.71. The Balaban J connectivity index is 4.29. The van der Waals surface area contributed by atoms with Crippen molar-refractivity contribution in [3.63, 3.8) is 0 Å². The fourth-order valence-corrected chi connectivity index (χ4v) is 1.47. The van der Waals surface area contributed by atoms with Crippen LogP contribution in [0.1, 0.15) is 6.92 Å². The number of carboxylic acids is 1. The standard InChI is InChI=1S/C6H13NO6S/c1-4(6(10)11)14(12,13)7-2-5(9)3-8/h4-5,7-9H,2-3H2,1H3,(H,10,11). The molecule has 0 saturated carbocycles. The van der Waals surface area contributed by atoms with Gasteiger partial charge in [0.1, 0.15) is 0 Å². The molecular formula is C6H13NO6S. The van der Waals surface area contributed by atoms with Crippen LogP contribution in [0.2, 0.25) is 0 Å². The van der Waals surface area contributed by atoms with Crippen LogP contribution >= 0.6 is 0 Å². The van der Waals surface area contributed by atoms with Crippen LogP contribution in [-0.4, -0.2) is 54.2 Å². The third-order valence-corrected chi connectivity index (χ3v) is 3.25. The zero-order valence-electron chi connectivity index (χ0n) is 7.54. The van der Waals surface area contributed by atoms with E-state index in [1.807, 2.05) is 4.72 Å². The van der Waals surface area contributed by atoms with Gasteiger partial charge in [-0.15, -0.1) is 0 Å². The van der Waals surface area contributed by atoms with Gasteiger partial charge in [0.2, 0.25) is 10.0 Å². The number of aliphatic hydroxyl groups is 2. The molecule has 0 heterocycles. The molecule has 0 aliphatic rings. The van der Waals surface area contributed by atoms with E-state index < -0.39 is 40.5 Å². The first kappa shape index (κ1) is 13.3. The Bertz CT molecular complexity index is 287. The van der Waals surface area contributed by atoms with Gasteiger partial charge >= 0.3 is 5.97 Å². The van der Waals surface area contributed by atoms with E-state index in [-0.39, 0.29) is 0 Å². The Morgan fingerprint density at radius 2 is 2.00 bits per heavy atom. The van der Waals surface area contributed by atoms with Gasteiger partial charge in [-0.3, -0.25) is 4.79 Å². The number of aliphatic carboxylic acids is 1. The summed E-state index contributed by atoms with van der Waals surface area (Å²) in [7, 11) is -3.99. The summed E-state index contributed by atoms with van der Waals surface area (Å²) in [5.74, 6) is -1.48. The first-order chi connectivity index (χ1) is 6.31. The van der Waals surface area contributed by atoms with Crippen molar-refractivity contribution in [1.82, 2.24) is 4.72 Å². The number of hydrogen-bond donors (Lipinski definition) is 4. The highest BCUT2D eigenvalue weighted by Crippen LogP contribution is 1.97. The molecule has 0 radical (unpaired) electrons. The summed E-state index contributed by atoms with van der Waals surface area (Å²) in [6.45, 7) is 0.0103. The van der Waals surface area contributed by atoms with E-state index in [1.54, 1.807) is 0 Å². The SMILES string of the molecule is CC(C(=O)O)S(=O)(=O)NCC(O)CO. The molecule has 0 spiro atoms. The monoisotopic (exact) mass is 227 g/mol. The first-order valence-electron chi connectivity index (χ1n) is 3.81. The van der Waals surface area contributed by atoms with Crippen LogP contribution in [0, 0.1) is 0 Å². The molecule has 0 aliphatic carbocycles. The van der Waals surface area contributed by atoms with Gasteiger partial charge < -0.3 is 15.3 Å². The Hall–Kier alpha value is -0.700. The molecule has 7 nitrogen and oxygen atoms in total. The molecule has 0 fully saturated rings. The van der Waals surface area contributed by atoms with E-state index in [0.29, 0.717) is 0 Å². The summed E-state index contributed by atoms with van der Waals surface area (Å²) in [5, 5.41) is 24.0. The van der Waals surface area contributed by atoms with Gasteiger partial charge in [-0.1, -0.05) is 0 Å². The normalized spacial score (nSPS) is 16.2. The summed E-state index contributed by atoms with van der Waals surface area (Å²) in [5.41, 5.74) is 0. The Labute approximate surface area is 81.4 Å². The molecule has 14 heavy (non-hydrogen) atoms. The highest BCUT2D eigenvalue weighted by molar-refractivity contribution is 7.90. The lowest BCUT2D eigenvalue weighted by Crippen LogP contribution is -2.41. The highest BCUT2D eigenvalue weighted by atomic mass is 32.2. The van der Waals surface area contributed by atoms with Crippen molar-refractivity contribution in [2.45, 2.75) is 18.3 Å². The molecule has 0 amide bonds. The largest absolute Gasteiger partial charge is 0.480 e. The van der Waals surface area contributed by atoms with Gasteiger partial charge in [0, 0.05) is 6.54 Å². The second kappa shape index (κ2) is 5.25. The van der Waals surface area contributed by atoms with Gasteiger partial charge in [-0.2, -0.15) is 0 Å². The van der Waals surface area contributed by atoms with Crippen molar-refractivity contribution in [3.05, 3.63) is 0 Å². The average Bonchev–Trinajstić information content (AvgIpc) is 2.12. The molecule has 0 aliphatic heterocycles. The zero-order chi connectivity index (χ0) is 11.4. The number of nitrogens with one attached hydrogen (secondary N) is 1. The van der Waals surface area contributed by atoms with Crippen LogP contribution in [0.5, 0.6) is 0 Å². The maximum absolute atomic E-state index is 11.1. The lowest BCUT2D eigenvalue weighted by atomic mass is 10.4. The molecule has 0 aromatic rings. The van der Waals surface area contributed by atoms with Crippen molar-refractivity contribution >= 4 is 16.0 Å². The molecule has 0 saturated heterocycles. The van der Waals surface area contributed by atoms with Crippen LogP contribution < -0.4 is 4.72 Å². The van der Waals surface area contributed by atoms with Gasteiger partial charge in [0.05, 0.1) is 12.7 Å². The molecule has 2 unspecified atom stereocenters. The second-order valence-corrected chi connectivity index (χ2v) is 4.80. The van der Waals surface area contributed by atoms with E-state index in [2.05, 4.69) is 0 Å². The quantitative estimate of drug-likeness (QED) is 0.405. The Morgan fingerprint density at radius 3 is 2.36 bits per heavy atom. The van der Waals surface area contributed by atoms with Crippen molar-refractivity contribution in [1.29, 1.82) is 0 Å². The van der Waals surface area contributed by atoms with Crippen molar-refractivity contribution in [2.24, 2.45) is 0 Å². The summed E-state index contributed by atoms with van der Waals surface area (Å²) < 4.78 is 24.1. The Kier molecular flexibility index (Phi) is 4.99. The summed E-state index contributed by atoms with van der Waals surface area (Å²) in [4.78, 5) is 10.3. The molecule has 4 N–H and O–H groups in total. The van der Waals surface area contributed by atoms with Crippen LogP contribution in [0.3, 0.4) is 0 Å². The van der Waals surface area contributed by atoms with E-state index in [9.17, 15) is 13.2 Å². The minimum Gasteiger partial charge on any atom is -0.480 e. The van der Waals surface area contributed by atoms with Gasteiger partial charge in [-0.25, -0.2) is 13.1 Å². The van der Waals surface area contributed by atoms with Crippen molar-refractivity contribution in [2.75, 3.05) is 13.2 Å². The summed E-state index contributed by atoms with van der Waals surface area (Å²) in [6, 6.07) is 0. The number of hydrogen-bond acceptors (Lipinski definition) is 5. The topological polar surface area (TPSA) is 124 Å². The minimum atomic E-state index is -3.99. The van der Waals surface area contributed by atoms with Crippen LogP contribution in [0.15, 0.2) is 0 Å². The van der Waals surface area contributed by atoms with Crippen LogP contribution in [0.25, 0.3) is 0 Å². The number of aliphatic hydroxyl groups excluding tert-OH is 2. The molecule has 8 heteroatoms. The van der Waals surface area contributed by atoms with E-state index in [1.165, 1.54) is 0 Å². The van der Waals surface area contributed by atoms with E-state index in [0.717, 1.165) is 6.92 Å². The predicted octanol–water partition coefficient (Wildman–Crippen LogP) is -2.27. The molecule has 2 atom stereocenters. The molecular weight excluding hydrogens is 214 g/mol. The summed E-state index contributed by atoms with van der Waals surface area (Å²) >= 11 is 0. The third kappa shape index (κ3) is 4.01. The van der Waals surface area contributed by atoms with Gasteiger partial charge in [0.25, 0.3) is 0 Å². The van der Waals surface area contributed by atoms with E-state index >= 15 is 0 Å². The Morgan fingerprint density at radius 1 is 1.50 bits per heavy atom. The maximum atomic E-state index is 11.1.